The maximum Gasteiger partial charge on any atom is 0.167 e. The van der Waals surface area contributed by atoms with Gasteiger partial charge >= 0.3 is 0 Å². The molecule has 0 aromatic carbocycles. The standard InChI is InChI=1S/C18H24N6O4/c1-26-6-4-19-17-16-18(21-11-20-17)24(12-22-16)15-9-23(8-14(10-25)28-15)7-13-3-2-5-27-13/h2-3,5,11-12,14-15,25H,4,6-10H2,1H3,(H,19,20,21)/t14-,15+/m0/s1. The molecule has 1 aliphatic heterocycles. The van der Waals surface area contributed by atoms with E-state index in [9.17, 15) is 5.11 Å². The first-order valence-electron chi connectivity index (χ1n) is 9.20. The molecule has 2 N–H and O–H groups in total. The average Bonchev–Trinajstić information content (AvgIpc) is 3.38. The summed E-state index contributed by atoms with van der Waals surface area (Å²) in [6.07, 6.45) is 4.24. The Bertz CT molecular complexity index is 883. The largest absolute Gasteiger partial charge is 0.468 e. The van der Waals surface area contributed by atoms with Crippen molar-refractivity contribution in [1.82, 2.24) is 24.4 Å². The normalized spacial score (nSPS) is 20.6. The van der Waals surface area contributed by atoms with Gasteiger partial charge < -0.3 is 24.3 Å². The quantitative estimate of drug-likeness (QED) is 0.543. The van der Waals surface area contributed by atoms with E-state index in [0.717, 1.165) is 5.76 Å². The highest BCUT2D eigenvalue weighted by molar-refractivity contribution is 5.82. The number of rotatable bonds is 8. The molecule has 28 heavy (non-hydrogen) atoms. The van der Waals surface area contributed by atoms with Gasteiger partial charge in [0.05, 0.1) is 38.5 Å². The molecular formula is C18H24N6O4. The van der Waals surface area contributed by atoms with Crippen LogP contribution in [0.2, 0.25) is 0 Å². The van der Waals surface area contributed by atoms with Gasteiger partial charge in [0.1, 0.15) is 18.3 Å². The number of hydrogen-bond donors (Lipinski definition) is 2. The highest BCUT2D eigenvalue weighted by atomic mass is 16.5. The van der Waals surface area contributed by atoms with Crippen molar-refractivity contribution in [3.8, 4) is 0 Å². The van der Waals surface area contributed by atoms with Gasteiger partial charge in [-0.1, -0.05) is 0 Å². The van der Waals surface area contributed by atoms with Gasteiger partial charge in [-0.25, -0.2) is 15.0 Å². The van der Waals surface area contributed by atoms with E-state index in [1.165, 1.54) is 6.33 Å². The van der Waals surface area contributed by atoms with Gasteiger partial charge in [0.25, 0.3) is 0 Å². The Morgan fingerprint density at radius 2 is 2.25 bits per heavy atom. The molecule has 3 aromatic rings. The fraction of sp³-hybridized carbons (Fsp3) is 0.500. The van der Waals surface area contributed by atoms with Crippen molar-refractivity contribution in [1.29, 1.82) is 0 Å². The van der Waals surface area contributed by atoms with Gasteiger partial charge in [0, 0.05) is 26.7 Å². The Morgan fingerprint density at radius 3 is 3.04 bits per heavy atom. The highest BCUT2D eigenvalue weighted by Crippen LogP contribution is 2.26. The number of nitrogens with zero attached hydrogens (tertiary/aromatic N) is 5. The first-order chi connectivity index (χ1) is 13.8. The van der Waals surface area contributed by atoms with Gasteiger partial charge in [-0.3, -0.25) is 9.47 Å². The van der Waals surface area contributed by atoms with Crippen LogP contribution in [0.5, 0.6) is 0 Å². The predicted molar refractivity (Wildman–Crippen MR) is 101 cm³/mol. The van der Waals surface area contributed by atoms with Crippen LogP contribution in [0.25, 0.3) is 11.2 Å². The zero-order valence-corrected chi connectivity index (χ0v) is 15.7. The van der Waals surface area contributed by atoms with Crippen molar-refractivity contribution in [2.24, 2.45) is 0 Å². The summed E-state index contributed by atoms with van der Waals surface area (Å²) in [6, 6.07) is 3.81. The van der Waals surface area contributed by atoms with Gasteiger partial charge in [0.15, 0.2) is 17.0 Å². The Hall–Kier alpha value is -2.53. The topological polar surface area (TPSA) is 111 Å². The van der Waals surface area contributed by atoms with Crippen molar-refractivity contribution in [3.63, 3.8) is 0 Å². The molecule has 1 fully saturated rings. The van der Waals surface area contributed by atoms with Crippen molar-refractivity contribution in [3.05, 3.63) is 36.8 Å². The number of morpholine rings is 1. The van der Waals surface area contributed by atoms with Crippen LogP contribution in [-0.4, -0.2) is 75.6 Å². The maximum atomic E-state index is 9.68. The molecule has 1 saturated heterocycles. The molecule has 2 atom stereocenters. The molecule has 150 valence electrons. The molecule has 10 nitrogen and oxygen atoms in total. The molecular weight excluding hydrogens is 364 g/mol. The fourth-order valence-corrected chi connectivity index (χ4v) is 3.36. The SMILES string of the molecule is COCCNc1ncnc2c1ncn2[C@H]1CN(Cc2ccco2)C[C@@H](CO)O1. The van der Waals surface area contributed by atoms with Crippen LogP contribution in [-0.2, 0) is 16.0 Å². The van der Waals surface area contributed by atoms with Crippen LogP contribution >= 0.6 is 0 Å². The van der Waals surface area contributed by atoms with Crippen LogP contribution in [0, 0.1) is 0 Å². The molecule has 4 heterocycles. The Labute approximate surface area is 162 Å². The summed E-state index contributed by atoms with van der Waals surface area (Å²) >= 11 is 0. The van der Waals surface area contributed by atoms with Crippen molar-refractivity contribution < 1.29 is 19.0 Å². The number of aliphatic hydroxyl groups is 1. The van der Waals surface area contributed by atoms with E-state index in [1.54, 1.807) is 19.7 Å². The summed E-state index contributed by atoms with van der Waals surface area (Å²) in [5.41, 5.74) is 1.35. The highest BCUT2D eigenvalue weighted by Gasteiger charge is 2.30. The van der Waals surface area contributed by atoms with Crippen LogP contribution < -0.4 is 5.32 Å². The van der Waals surface area contributed by atoms with Crippen LogP contribution in [0.1, 0.15) is 12.0 Å². The van der Waals surface area contributed by atoms with Gasteiger partial charge in [0.2, 0.25) is 0 Å². The minimum Gasteiger partial charge on any atom is -0.468 e. The molecule has 10 heteroatoms. The number of ether oxygens (including phenoxy) is 2. The van der Waals surface area contributed by atoms with E-state index < -0.39 is 0 Å². The second-order valence-electron chi connectivity index (χ2n) is 6.63. The van der Waals surface area contributed by atoms with E-state index in [0.29, 0.717) is 49.8 Å². The third-order valence-electron chi connectivity index (χ3n) is 4.66. The summed E-state index contributed by atoms with van der Waals surface area (Å²) in [4.78, 5) is 15.3. The number of aromatic nitrogens is 4. The zero-order chi connectivity index (χ0) is 19.3. The maximum absolute atomic E-state index is 9.68. The lowest BCUT2D eigenvalue weighted by Crippen LogP contribution is -2.46. The molecule has 0 aliphatic carbocycles. The Balaban J connectivity index is 1.56. The van der Waals surface area contributed by atoms with E-state index >= 15 is 0 Å². The Kier molecular flexibility index (Phi) is 5.81. The van der Waals surface area contributed by atoms with Crippen LogP contribution in [0.15, 0.2) is 35.5 Å². The van der Waals surface area contributed by atoms with Gasteiger partial charge in [-0.05, 0) is 12.1 Å². The number of hydrogen-bond acceptors (Lipinski definition) is 9. The first-order valence-corrected chi connectivity index (χ1v) is 9.20. The second-order valence-corrected chi connectivity index (χ2v) is 6.63. The average molecular weight is 388 g/mol. The minimum absolute atomic E-state index is 0.0589. The van der Waals surface area contributed by atoms with Crippen molar-refractivity contribution in [2.45, 2.75) is 18.9 Å². The summed E-state index contributed by atoms with van der Waals surface area (Å²) in [5.74, 6) is 1.53. The summed E-state index contributed by atoms with van der Waals surface area (Å²) in [5, 5.41) is 12.9. The fourth-order valence-electron chi connectivity index (χ4n) is 3.36. The van der Waals surface area contributed by atoms with E-state index in [2.05, 4.69) is 25.2 Å². The molecule has 0 bridgehead atoms. The molecule has 4 rings (SSSR count). The number of nitrogens with one attached hydrogen (secondary N) is 1. The third-order valence-corrected chi connectivity index (χ3v) is 4.66. The minimum atomic E-state index is -0.326. The Morgan fingerprint density at radius 1 is 1.32 bits per heavy atom. The number of methoxy groups -OCH3 is 1. The summed E-state index contributed by atoms with van der Waals surface area (Å²) < 4.78 is 18.5. The number of furan rings is 1. The van der Waals surface area contributed by atoms with Crippen molar-refractivity contribution >= 4 is 17.0 Å². The summed E-state index contributed by atoms with van der Waals surface area (Å²) in [7, 11) is 1.65. The number of imidazole rings is 1. The second kappa shape index (κ2) is 8.65. The van der Waals surface area contributed by atoms with E-state index in [4.69, 9.17) is 13.9 Å². The lowest BCUT2D eigenvalue weighted by Gasteiger charge is -2.37. The molecule has 0 unspecified atom stereocenters. The smallest absolute Gasteiger partial charge is 0.167 e. The molecule has 1 aliphatic rings. The number of anilines is 1. The molecule has 0 amide bonds. The first kappa shape index (κ1) is 18.8. The van der Waals surface area contributed by atoms with Crippen LogP contribution in [0.3, 0.4) is 0 Å². The number of aliphatic hydroxyl groups excluding tert-OH is 1. The summed E-state index contributed by atoms with van der Waals surface area (Å²) in [6.45, 7) is 3.03. The lowest BCUT2D eigenvalue weighted by molar-refractivity contribution is -0.136. The van der Waals surface area contributed by atoms with Crippen molar-refractivity contribution in [2.75, 3.05) is 45.3 Å². The van der Waals surface area contributed by atoms with E-state index in [-0.39, 0.29) is 18.9 Å². The third kappa shape index (κ3) is 3.99. The molecule has 0 spiro atoms. The molecule has 3 aromatic heterocycles. The number of fused-ring (bicyclic) bond motifs is 1. The molecule has 0 saturated carbocycles. The van der Waals surface area contributed by atoms with E-state index in [1.807, 2.05) is 16.7 Å². The lowest BCUT2D eigenvalue weighted by atomic mass is 10.2. The predicted octanol–water partition coefficient (Wildman–Crippen LogP) is 0.869. The zero-order valence-electron chi connectivity index (χ0n) is 15.7. The van der Waals surface area contributed by atoms with Crippen LogP contribution in [0.4, 0.5) is 5.82 Å². The van der Waals surface area contributed by atoms with Gasteiger partial charge in [-0.15, -0.1) is 0 Å². The van der Waals surface area contributed by atoms with Gasteiger partial charge in [-0.2, -0.15) is 0 Å². The molecule has 0 radical (unpaired) electrons. The monoisotopic (exact) mass is 388 g/mol.